The lowest BCUT2D eigenvalue weighted by Gasteiger charge is -2.21. The minimum absolute atomic E-state index is 0.0160. The van der Waals surface area contributed by atoms with Gasteiger partial charge < -0.3 is 34.2 Å². The van der Waals surface area contributed by atoms with E-state index in [9.17, 15) is 29.8 Å². The Kier molecular flexibility index (Phi) is 15.7. The summed E-state index contributed by atoms with van der Waals surface area (Å²) in [5.74, 6) is 6.08. The number of hydrogen-bond donors (Lipinski definition) is 2. The SMILES string of the molecule is CCCCc1nc(Cl)c(C(=O)Oc2cccc(CO[N+](=O)[O-])c2)n1Cc1ccc(-c2ccccc2/C(N)=N/N(N)C(C)OC(=O)OCCCCO[N+](=O)[O-])cc1. The Balaban J connectivity index is 1.47. The third-order valence-corrected chi connectivity index (χ3v) is 8.29. The van der Waals surface area contributed by atoms with Gasteiger partial charge in [0.25, 0.3) is 10.2 Å². The molecule has 1 unspecified atom stereocenters. The molecule has 0 bridgehead atoms. The first kappa shape index (κ1) is 42.3. The minimum atomic E-state index is -1.06. The summed E-state index contributed by atoms with van der Waals surface area (Å²) in [6.07, 6.45) is 0.810. The van der Waals surface area contributed by atoms with E-state index in [1.165, 1.54) is 19.1 Å². The predicted octanol–water partition coefficient (Wildman–Crippen LogP) is 5.81. The van der Waals surface area contributed by atoms with E-state index in [1.54, 1.807) is 28.8 Å². The van der Waals surface area contributed by atoms with Gasteiger partial charge in [0, 0.05) is 18.5 Å². The fraction of sp³-hybridized carbons (Fsp3) is 0.333. The Morgan fingerprint density at radius 2 is 1.68 bits per heavy atom. The number of unbranched alkanes of at least 4 members (excludes halogenated alkanes) is 2. The predicted molar refractivity (Wildman–Crippen MR) is 201 cm³/mol. The number of hydrazone groups is 1. The molecule has 0 aliphatic heterocycles. The molecule has 19 nitrogen and oxygen atoms in total. The number of aromatic nitrogens is 2. The molecule has 4 N–H and O–H groups in total. The summed E-state index contributed by atoms with van der Waals surface area (Å²) in [4.78, 5) is 59.5. The molecule has 0 saturated heterocycles. The molecule has 0 aliphatic carbocycles. The van der Waals surface area contributed by atoms with Crippen molar-refractivity contribution in [2.24, 2.45) is 16.7 Å². The van der Waals surface area contributed by atoms with Crippen molar-refractivity contribution in [1.82, 2.24) is 14.7 Å². The van der Waals surface area contributed by atoms with Crippen molar-refractivity contribution in [3.8, 4) is 16.9 Å². The van der Waals surface area contributed by atoms with Gasteiger partial charge >= 0.3 is 12.1 Å². The molecule has 3 aromatic carbocycles. The van der Waals surface area contributed by atoms with Crippen LogP contribution in [0, 0.1) is 20.2 Å². The summed E-state index contributed by atoms with van der Waals surface area (Å²) >= 11 is 6.53. The van der Waals surface area contributed by atoms with E-state index >= 15 is 0 Å². The number of benzene rings is 3. The number of carbonyl (C=O) groups excluding carboxylic acids is 2. The molecule has 1 heterocycles. The van der Waals surface area contributed by atoms with Crippen LogP contribution in [0.3, 0.4) is 0 Å². The molecule has 4 rings (SSSR count). The second-order valence-corrected chi connectivity index (χ2v) is 12.4. The Bertz CT molecular complexity index is 2010. The zero-order chi connectivity index (χ0) is 40.6. The molecule has 0 radical (unpaired) electrons. The van der Waals surface area contributed by atoms with Gasteiger partial charge in [-0.2, -0.15) is 5.12 Å². The lowest BCUT2D eigenvalue weighted by atomic mass is 9.98. The number of carbonyl (C=O) groups is 2. The Labute approximate surface area is 325 Å². The number of halogens is 1. The highest BCUT2D eigenvalue weighted by molar-refractivity contribution is 6.32. The molecular weight excluding hydrogens is 756 g/mol. The van der Waals surface area contributed by atoms with E-state index < -0.39 is 28.5 Å². The monoisotopic (exact) mass is 796 g/mol. The molecule has 4 aromatic rings. The van der Waals surface area contributed by atoms with Crippen LogP contribution in [0.4, 0.5) is 4.79 Å². The van der Waals surface area contributed by atoms with Gasteiger partial charge in [-0.15, -0.1) is 25.3 Å². The lowest BCUT2D eigenvalue weighted by Crippen LogP contribution is -2.40. The van der Waals surface area contributed by atoms with Gasteiger partial charge in [0.1, 0.15) is 18.2 Å². The fourth-order valence-electron chi connectivity index (χ4n) is 5.25. The number of nitrogens with two attached hydrogens (primary N) is 2. The summed E-state index contributed by atoms with van der Waals surface area (Å²) in [6, 6.07) is 21.0. The van der Waals surface area contributed by atoms with E-state index in [0.29, 0.717) is 36.2 Å². The van der Waals surface area contributed by atoms with Crippen LogP contribution in [0.25, 0.3) is 11.1 Å². The normalized spacial score (nSPS) is 11.7. The van der Waals surface area contributed by atoms with Gasteiger partial charge in [-0.3, -0.25) is 0 Å². The maximum Gasteiger partial charge on any atom is 0.510 e. The topological polar surface area (TPSA) is 252 Å². The van der Waals surface area contributed by atoms with Gasteiger partial charge in [0.15, 0.2) is 16.7 Å². The molecule has 0 amide bonds. The van der Waals surface area contributed by atoms with Crippen molar-refractivity contribution in [2.75, 3.05) is 13.2 Å². The number of esters is 1. The van der Waals surface area contributed by atoms with Crippen LogP contribution in [0.1, 0.15) is 72.5 Å². The largest absolute Gasteiger partial charge is 0.510 e. The fourth-order valence-corrected chi connectivity index (χ4v) is 5.53. The molecular formula is C36H41ClN8O11. The van der Waals surface area contributed by atoms with Crippen molar-refractivity contribution in [3.63, 3.8) is 0 Å². The van der Waals surface area contributed by atoms with Crippen LogP contribution in [0.15, 0.2) is 77.9 Å². The first-order valence-corrected chi connectivity index (χ1v) is 17.7. The molecule has 0 saturated carbocycles. The van der Waals surface area contributed by atoms with Gasteiger partial charge in [-0.05, 0) is 60.6 Å². The summed E-state index contributed by atoms with van der Waals surface area (Å²) in [7, 11) is 0. The minimum Gasteiger partial charge on any atom is -0.434 e. The molecule has 1 aromatic heterocycles. The van der Waals surface area contributed by atoms with Crippen molar-refractivity contribution in [1.29, 1.82) is 0 Å². The first-order valence-electron chi connectivity index (χ1n) is 17.4. The van der Waals surface area contributed by atoms with Crippen LogP contribution in [-0.2, 0) is 38.7 Å². The summed E-state index contributed by atoms with van der Waals surface area (Å²) < 4.78 is 17.5. The molecule has 20 heteroatoms. The maximum atomic E-state index is 13.5. The third-order valence-electron chi connectivity index (χ3n) is 8.02. The van der Waals surface area contributed by atoms with Crippen LogP contribution in [0.2, 0.25) is 5.15 Å². The molecule has 0 fully saturated rings. The van der Waals surface area contributed by atoms with Gasteiger partial charge in [0.2, 0.25) is 6.23 Å². The number of rotatable bonds is 21. The van der Waals surface area contributed by atoms with E-state index in [0.717, 1.165) is 34.6 Å². The van der Waals surface area contributed by atoms with Crippen molar-refractivity contribution in [3.05, 3.63) is 126 Å². The highest BCUT2D eigenvalue weighted by Gasteiger charge is 2.24. The van der Waals surface area contributed by atoms with E-state index in [1.807, 2.05) is 43.3 Å². The van der Waals surface area contributed by atoms with Crippen LogP contribution in [-0.4, -0.2) is 62.2 Å². The van der Waals surface area contributed by atoms with Crippen LogP contribution < -0.4 is 16.3 Å². The summed E-state index contributed by atoms with van der Waals surface area (Å²) in [5.41, 5.74) is 9.75. The standard InChI is InChI=1S/C36H41ClN8O11/c1-3-4-14-31-40-33(37)32(35(46)56-28-11-9-10-26(21-28)23-54-45(50)51)42(31)22-25-15-17-27(18-16-25)29-12-5-6-13-30(29)34(38)41-43(39)24(2)55-36(47)52-19-7-8-20-53-44(48)49/h5-6,9-13,15-18,21,24H,3-4,7-8,14,19-20,22-23,39H2,1-2H3,(H2,38,41). The molecule has 298 valence electrons. The highest BCUT2D eigenvalue weighted by Crippen LogP contribution is 2.27. The second kappa shape index (κ2) is 20.8. The Morgan fingerprint density at radius 1 is 0.964 bits per heavy atom. The van der Waals surface area contributed by atoms with Gasteiger partial charge in [0.05, 0.1) is 13.2 Å². The zero-order valence-corrected chi connectivity index (χ0v) is 31.3. The number of aryl methyl sites for hydroxylation is 1. The molecule has 0 aliphatic rings. The average Bonchev–Trinajstić information content (AvgIpc) is 3.48. The maximum absolute atomic E-state index is 13.5. The quantitative estimate of drug-likeness (QED) is 0.0116. The number of nitrogens with zero attached hydrogens (tertiary/aromatic N) is 6. The van der Waals surface area contributed by atoms with Gasteiger partial charge in [-0.1, -0.05) is 85.6 Å². The zero-order valence-electron chi connectivity index (χ0n) is 30.6. The Hall–Kier alpha value is -6.47. The lowest BCUT2D eigenvalue weighted by molar-refractivity contribution is -0.763. The number of imidazole rings is 1. The number of amidine groups is 1. The van der Waals surface area contributed by atoms with Gasteiger partial charge in [-0.25, -0.2) is 20.4 Å². The highest BCUT2D eigenvalue weighted by atomic mass is 35.5. The third kappa shape index (κ3) is 12.6. The smallest absolute Gasteiger partial charge is 0.434 e. The van der Waals surface area contributed by atoms with Crippen molar-refractivity contribution in [2.45, 2.75) is 65.3 Å². The summed E-state index contributed by atoms with van der Waals surface area (Å²) in [6.45, 7) is 3.27. The van der Waals surface area contributed by atoms with Crippen molar-refractivity contribution < 1.29 is 43.6 Å². The van der Waals surface area contributed by atoms with E-state index in [2.05, 4.69) is 19.8 Å². The molecule has 0 spiro atoms. The van der Waals surface area contributed by atoms with E-state index in [-0.39, 0.29) is 48.8 Å². The van der Waals surface area contributed by atoms with Crippen LogP contribution >= 0.6 is 11.6 Å². The Morgan fingerprint density at radius 3 is 2.39 bits per heavy atom. The second-order valence-electron chi connectivity index (χ2n) is 12.1. The van der Waals surface area contributed by atoms with E-state index in [4.69, 9.17) is 37.4 Å². The summed E-state index contributed by atoms with van der Waals surface area (Å²) in [5, 5.41) is 24.1. The average molecular weight is 797 g/mol. The number of ether oxygens (including phenoxy) is 3. The van der Waals surface area contributed by atoms with Crippen molar-refractivity contribution >= 4 is 29.6 Å². The number of hydrazine groups is 1. The molecule has 56 heavy (non-hydrogen) atoms. The van der Waals surface area contributed by atoms with Crippen LogP contribution in [0.5, 0.6) is 5.75 Å². The first-order chi connectivity index (χ1) is 26.9. The number of hydrogen-bond acceptors (Lipinski definition) is 15. The molecule has 1 atom stereocenters.